The van der Waals surface area contributed by atoms with Crippen LogP contribution in [0.2, 0.25) is 0 Å². The molecule has 1 aromatic heterocycles. The van der Waals surface area contributed by atoms with Crippen molar-refractivity contribution in [3.8, 4) is 0 Å². The van der Waals surface area contributed by atoms with Gasteiger partial charge >= 0.3 is 0 Å². The fourth-order valence-electron chi connectivity index (χ4n) is 1.71. The van der Waals surface area contributed by atoms with E-state index in [4.69, 9.17) is 0 Å². The summed E-state index contributed by atoms with van der Waals surface area (Å²) >= 11 is 0. The first-order chi connectivity index (χ1) is 6.37. The maximum absolute atomic E-state index is 11.1. The number of nitrogens with one attached hydrogen (secondary N) is 1. The summed E-state index contributed by atoms with van der Waals surface area (Å²) in [7, 11) is 0. The van der Waals surface area contributed by atoms with Gasteiger partial charge in [-0.2, -0.15) is 0 Å². The molecule has 1 aliphatic heterocycles. The Kier molecular flexibility index (Phi) is 2.10. The van der Waals surface area contributed by atoms with E-state index in [9.17, 15) is 4.79 Å². The first kappa shape index (κ1) is 8.37. The van der Waals surface area contributed by atoms with Gasteiger partial charge in [-0.25, -0.2) is 4.68 Å². The molecule has 2 heterocycles. The van der Waals surface area contributed by atoms with Gasteiger partial charge in [0, 0.05) is 6.20 Å². The minimum absolute atomic E-state index is 0.457. The molecule has 0 spiro atoms. The van der Waals surface area contributed by atoms with E-state index in [1.165, 1.54) is 0 Å². The molecule has 0 aromatic carbocycles. The molecule has 1 saturated heterocycles. The van der Waals surface area contributed by atoms with E-state index in [0.29, 0.717) is 0 Å². The van der Waals surface area contributed by atoms with Gasteiger partial charge in [0.2, 0.25) is 0 Å². The van der Waals surface area contributed by atoms with Gasteiger partial charge in [0.05, 0.1) is 6.20 Å². The van der Waals surface area contributed by atoms with Crippen molar-refractivity contribution in [1.82, 2.24) is 20.3 Å². The molecule has 0 radical (unpaired) electrons. The zero-order valence-corrected chi connectivity index (χ0v) is 7.31. The van der Waals surface area contributed by atoms with Crippen LogP contribution in [0, 0.1) is 0 Å². The Labute approximate surface area is 76.1 Å². The van der Waals surface area contributed by atoms with Crippen molar-refractivity contribution in [2.75, 3.05) is 13.1 Å². The molecule has 1 N–H and O–H groups in total. The van der Waals surface area contributed by atoms with Crippen molar-refractivity contribution in [1.29, 1.82) is 0 Å². The van der Waals surface area contributed by atoms with E-state index in [1.807, 2.05) is 0 Å². The Morgan fingerprint density at radius 1 is 1.46 bits per heavy atom. The monoisotopic (exact) mass is 180 g/mol. The number of rotatable bonds is 2. The summed E-state index contributed by atoms with van der Waals surface area (Å²) in [6.07, 6.45) is 5.93. The minimum Gasteiger partial charge on any atom is -0.317 e. The van der Waals surface area contributed by atoms with Crippen molar-refractivity contribution in [2.45, 2.75) is 18.4 Å². The number of aldehydes is 1. The molecule has 0 amide bonds. The minimum atomic E-state index is -0.457. The molecule has 70 valence electrons. The topological polar surface area (TPSA) is 59.8 Å². The maximum atomic E-state index is 11.1. The Morgan fingerprint density at radius 2 is 2.23 bits per heavy atom. The molecule has 0 bridgehead atoms. The first-order valence-corrected chi connectivity index (χ1v) is 4.41. The number of piperidine rings is 1. The van der Waals surface area contributed by atoms with E-state index in [2.05, 4.69) is 15.6 Å². The lowest BCUT2D eigenvalue weighted by Crippen LogP contribution is -2.45. The lowest BCUT2D eigenvalue weighted by molar-refractivity contribution is -0.117. The zero-order valence-electron chi connectivity index (χ0n) is 7.31. The predicted octanol–water partition coefficient (Wildman–Crippen LogP) is -0.444. The zero-order chi connectivity index (χ0) is 9.15. The van der Waals surface area contributed by atoms with Crippen molar-refractivity contribution in [3.05, 3.63) is 12.4 Å². The van der Waals surface area contributed by atoms with E-state index >= 15 is 0 Å². The highest BCUT2D eigenvalue weighted by Gasteiger charge is 2.34. The molecular weight excluding hydrogens is 168 g/mol. The third-order valence-corrected chi connectivity index (χ3v) is 2.57. The molecule has 2 rings (SSSR count). The van der Waals surface area contributed by atoms with Crippen LogP contribution in [0.15, 0.2) is 12.4 Å². The van der Waals surface area contributed by atoms with Crippen LogP contribution < -0.4 is 5.32 Å². The SMILES string of the molecule is O=CC1(n2ccnn2)CCNCC1. The second kappa shape index (κ2) is 3.26. The second-order valence-corrected chi connectivity index (χ2v) is 3.32. The van der Waals surface area contributed by atoms with E-state index in [-0.39, 0.29) is 0 Å². The quantitative estimate of drug-likeness (QED) is 0.626. The highest BCUT2D eigenvalue weighted by atomic mass is 16.1. The van der Waals surface area contributed by atoms with E-state index in [0.717, 1.165) is 32.2 Å². The van der Waals surface area contributed by atoms with Crippen molar-refractivity contribution in [3.63, 3.8) is 0 Å². The van der Waals surface area contributed by atoms with Gasteiger partial charge in [0.15, 0.2) is 0 Å². The number of hydrogen-bond acceptors (Lipinski definition) is 4. The molecular formula is C8H12N4O. The van der Waals surface area contributed by atoms with Gasteiger partial charge in [-0.1, -0.05) is 5.21 Å². The highest BCUT2D eigenvalue weighted by Crippen LogP contribution is 2.23. The highest BCUT2D eigenvalue weighted by molar-refractivity contribution is 5.62. The molecule has 0 unspecified atom stereocenters. The second-order valence-electron chi connectivity index (χ2n) is 3.32. The van der Waals surface area contributed by atoms with Crippen LogP contribution in [0.25, 0.3) is 0 Å². The Morgan fingerprint density at radius 3 is 2.77 bits per heavy atom. The molecule has 0 saturated carbocycles. The smallest absolute Gasteiger partial charge is 0.147 e. The fourth-order valence-corrected chi connectivity index (χ4v) is 1.71. The third kappa shape index (κ3) is 1.35. The summed E-state index contributed by atoms with van der Waals surface area (Å²) in [5.74, 6) is 0. The van der Waals surface area contributed by atoms with Crippen LogP contribution in [0.5, 0.6) is 0 Å². The summed E-state index contributed by atoms with van der Waals surface area (Å²) in [4.78, 5) is 11.1. The summed E-state index contributed by atoms with van der Waals surface area (Å²) in [5, 5.41) is 10.8. The molecule has 1 fully saturated rings. The molecule has 13 heavy (non-hydrogen) atoms. The molecule has 1 aromatic rings. The average Bonchev–Trinajstić information content (AvgIpc) is 2.72. The van der Waals surface area contributed by atoms with Crippen molar-refractivity contribution in [2.24, 2.45) is 0 Å². The van der Waals surface area contributed by atoms with Crippen LogP contribution in [0.1, 0.15) is 12.8 Å². The number of carbonyl (C=O) groups is 1. The van der Waals surface area contributed by atoms with Gasteiger partial charge in [-0.15, -0.1) is 5.10 Å². The summed E-state index contributed by atoms with van der Waals surface area (Å²) in [6.45, 7) is 1.72. The molecule has 1 aliphatic rings. The Balaban J connectivity index is 2.28. The van der Waals surface area contributed by atoms with Gasteiger partial charge < -0.3 is 10.1 Å². The Bertz CT molecular complexity index is 276. The number of nitrogens with zero attached hydrogens (tertiary/aromatic N) is 3. The van der Waals surface area contributed by atoms with Crippen LogP contribution in [-0.4, -0.2) is 34.4 Å². The maximum Gasteiger partial charge on any atom is 0.147 e. The third-order valence-electron chi connectivity index (χ3n) is 2.57. The molecule has 5 nitrogen and oxygen atoms in total. The number of carbonyl (C=O) groups excluding carboxylic acids is 1. The summed E-state index contributed by atoms with van der Waals surface area (Å²) in [6, 6.07) is 0. The van der Waals surface area contributed by atoms with Crippen LogP contribution >= 0.6 is 0 Å². The standard InChI is InChI=1S/C8H12N4O/c13-7-8(1-3-9-4-2-8)12-6-5-10-11-12/h5-7,9H,1-4H2. The number of aromatic nitrogens is 3. The number of hydrogen-bond donors (Lipinski definition) is 1. The van der Waals surface area contributed by atoms with Crippen LogP contribution in [-0.2, 0) is 10.3 Å². The van der Waals surface area contributed by atoms with E-state index < -0.39 is 5.54 Å². The first-order valence-electron chi connectivity index (χ1n) is 4.41. The van der Waals surface area contributed by atoms with Crippen molar-refractivity contribution < 1.29 is 4.79 Å². The molecule has 5 heteroatoms. The van der Waals surface area contributed by atoms with Gasteiger partial charge in [0.1, 0.15) is 11.8 Å². The largest absolute Gasteiger partial charge is 0.317 e. The van der Waals surface area contributed by atoms with Gasteiger partial charge in [-0.05, 0) is 25.9 Å². The van der Waals surface area contributed by atoms with E-state index in [1.54, 1.807) is 17.1 Å². The average molecular weight is 180 g/mol. The summed E-state index contributed by atoms with van der Waals surface area (Å²) < 4.78 is 1.67. The lowest BCUT2D eigenvalue weighted by atomic mass is 9.90. The Hall–Kier alpha value is -1.23. The summed E-state index contributed by atoms with van der Waals surface area (Å²) in [5.41, 5.74) is -0.457. The molecule has 0 atom stereocenters. The van der Waals surface area contributed by atoms with Gasteiger partial charge in [0.25, 0.3) is 0 Å². The predicted molar refractivity (Wildman–Crippen MR) is 46.2 cm³/mol. The molecule has 0 aliphatic carbocycles. The van der Waals surface area contributed by atoms with Crippen LogP contribution in [0.3, 0.4) is 0 Å². The fraction of sp³-hybridized carbons (Fsp3) is 0.625. The lowest BCUT2D eigenvalue weighted by Gasteiger charge is -2.32. The van der Waals surface area contributed by atoms with Crippen molar-refractivity contribution >= 4 is 6.29 Å². The normalized spacial score (nSPS) is 21.2. The van der Waals surface area contributed by atoms with Crippen LogP contribution in [0.4, 0.5) is 0 Å². The van der Waals surface area contributed by atoms with Gasteiger partial charge in [-0.3, -0.25) is 0 Å².